The molecule has 0 bridgehead atoms. The van der Waals surface area contributed by atoms with Crippen LogP contribution < -0.4 is 4.90 Å². The van der Waals surface area contributed by atoms with Gasteiger partial charge in [0.25, 0.3) is 0 Å². The Labute approximate surface area is 147 Å². The lowest BCUT2D eigenvalue weighted by molar-refractivity contribution is -0.139. The fourth-order valence-electron chi connectivity index (χ4n) is 3.45. The molecule has 1 saturated heterocycles. The maximum absolute atomic E-state index is 13.9. The van der Waals surface area contributed by atoms with Crippen LogP contribution in [0, 0.1) is 12.7 Å². The van der Waals surface area contributed by atoms with Gasteiger partial charge in [0.15, 0.2) is 0 Å². The first-order valence-electron chi connectivity index (χ1n) is 8.66. The molecule has 25 heavy (non-hydrogen) atoms. The molecule has 0 radical (unpaired) electrons. The average Bonchev–Trinajstić information content (AvgIpc) is 2.63. The number of esters is 1. The van der Waals surface area contributed by atoms with E-state index < -0.39 is 0 Å². The molecule has 3 rings (SSSR count). The number of methoxy groups -OCH3 is 1. The van der Waals surface area contributed by atoms with E-state index in [2.05, 4.69) is 21.7 Å². The van der Waals surface area contributed by atoms with Crippen LogP contribution in [0.1, 0.15) is 18.2 Å². The largest absolute Gasteiger partial charge is 0.469 e. The number of halogens is 1. The third-order valence-electron chi connectivity index (χ3n) is 4.91. The van der Waals surface area contributed by atoms with Crippen molar-refractivity contribution < 1.29 is 13.9 Å². The van der Waals surface area contributed by atoms with Crippen molar-refractivity contribution in [3.05, 3.63) is 35.3 Å². The molecule has 1 aromatic carbocycles. The maximum atomic E-state index is 13.9. The van der Waals surface area contributed by atoms with Gasteiger partial charge < -0.3 is 14.5 Å². The summed E-state index contributed by atoms with van der Waals surface area (Å²) in [5.41, 5.74) is 3.29. The van der Waals surface area contributed by atoms with E-state index in [9.17, 15) is 9.18 Å². The Bertz CT molecular complexity index is 786. The van der Waals surface area contributed by atoms with E-state index in [0.717, 1.165) is 60.6 Å². The topological polar surface area (TPSA) is 45.7 Å². The zero-order valence-electron chi connectivity index (χ0n) is 15.0. The first kappa shape index (κ1) is 17.6. The van der Waals surface area contributed by atoms with Gasteiger partial charge in [0.2, 0.25) is 0 Å². The quantitative estimate of drug-likeness (QED) is 0.797. The van der Waals surface area contributed by atoms with E-state index in [1.165, 1.54) is 19.2 Å². The fourth-order valence-corrected chi connectivity index (χ4v) is 3.45. The summed E-state index contributed by atoms with van der Waals surface area (Å²) in [5.74, 6) is -0.607. The van der Waals surface area contributed by atoms with Crippen LogP contribution in [0.2, 0.25) is 0 Å². The highest BCUT2D eigenvalue weighted by Crippen LogP contribution is 2.33. The van der Waals surface area contributed by atoms with Crippen molar-refractivity contribution in [2.45, 2.75) is 20.3 Å². The van der Waals surface area contributed by atoms with Crippen LogP contribution >= 0.6 is 0 Å². The molecule has 134 valence electrons. The first-order valence-corrected chi connectivity index (χ1v) is 8.66. The number of carbonyl (C=O) groups excluding carboxylic acids is 1. The molecule has 0 spiro atoms. The second-order valence-electron chi connectivity index (χ2n) is 6.36. The highest BCUT2D eigenvalue weighted by Gasteiger charge is 2.24. The lowest BCUT2D eigenvalue weighted by Gasteiger charge is -2.37. The van der Waals surface area contributed by atoms with E-state index in [4.69, 9.17) is 4.74 Å². The molecule has 1 aliphatic rings. The number of aryl methyl sites for hydroxylation is 1. The molecule has 1 fully saturated rings. The number of piperazine rings is 1. The second-order valence-corrected chi connectivity index (χ2v) is 6.36. The number of anilines is 1. The number of nitrogens with zero attached hydrogens (tertiary/aromatic N) is 3. The van der Waals surface area contributed by atoms with Gasteiger partial charge in [0.05, 0.1) is 24.7 Å². The molecule has 2 aromatic rings. The van der Waals surface area contributed by atoms with Crippen LogP contribution in [-0.4, -0.2) is 55.7 Å². The molecule has 0 unspecified atom stereocenters. The molecule has 5 nitrogen and oxygen atoms in total. The van der Waals surface area contributed by atoms with Crippen molar-refractivity contribution >= 4 is 22.6 Å². The number of aromatic nitrogens is 1. The van der Waals surface area contributed by atoms with Gasteiger partial charge in [-0.3, -0.25) is 9.78 Å². The van der Waals surface area contributed by atoms with Crippen LogP contribution in [0.3, 0.4) is 0 Å². The van der Waals surface area contributed by atoms with Gasteiger partial charge in [-0.15, -0.1) is 0 Å². The number of carbonyl (C=O) groups is 1. The van der Waals surface area contributed by atoms with Crippen molar-refractivity contribution in [2.24, 2.45) is 0 Å². The third-order valence-corrected chi connectivity index (χ3v) is 4.91. The Kier molecular flexibility index (Phi) is 5.18. The lowest BCUT2D eigenvalue weighted by atomic mass is 10.0. The summed E-state index contributed by atoms with van der Waals surface area (Å²) in [5, 5.41) is 0.759. The minimum Gasteiger partial charge on any atom is -0.469 e. The molecule has 0 saturated carbocycles. The number of ether oxygens (including phenoxy) is 1. The molecule has 0 aliphatic carbocycles. The lowest BCUT2D eigenvalue weighted by Crippen LogP contribution is -2.46. The van der Waals surface area contributed by atoms with E-state index >= 15 is 0 Å². The minimum absolute atomic E-state index is 0.144. The molecule has 2 heterocycles. The van der Waals surface area contributed by atoms with Crippen LogP contribution in [0.25, 0.3) is 10.9 Å². The van der Waals surface area contributed by atoms with Gasteiger partial charge in [-0.05, 0) is 31.7 Å². The number of pyridine rings is 1. The summed E-state index contributed by atoms with van der Waals surface area (Å²) in [6, 6.07) is 4.64. The zero-order valence-corrected chi connectivity index (χ0v) is 15.0. The molecule has 0 N–H and O–H groups in total. The van der Waals surface area contributed by atoms with E-state index in [0.29, 0.717) is 0 Å². The standard InChI is InChI=1S/C19H24FN3O2/c1-4-22-7-9-23(10-8-22)19-15(12-18(24)25-3)13(2)21-17-6-5-14(20)11-16(17)19/h5-6,11H,4,7-10,12H2,1-3H3. The number of hydrogen-bond donors (Lipinski definition) is 0. The van der Waals surface area contributed by atoms with E-state index in [-0.39, 0.29) is 18.2 Å². The highest BCUT2D eigenvalue weighted by atomic mass is 19.1. The van der Waals surface area contributed by atoms with Crippen LogP contribution in [0.5, 0.6) is 0 Å². The summed E-state index contributed by atoms with van der Waals surface area (Å²) in [6.45, 7) is 8.66. The van der Waals surface area contributed by atoms with Crippen molar-refractivity contribution in [1.82, 2.24) is 9.88 Å². The van der Waals surface area contributed by atoms with Gasteiger partial charge in [-0.2, -0.15) is 0 Å². The van der Waals surface area contributed by atoms with E-state index in [1.54, 1.807) is 6.07 Å². The Balaban J connectivity index is 2.12. The average molecular weight is 345 g/mol. The maximum Gasteiger partial charge on any atom is 0.310 e. The Morgan fingerprint density at radius 1 is 1.28 bits per heavy atom. The van der Waals surface area contributed by atoms with E-state index in [1.807, 2.05) is 6.92 Å². The SMILES string of the molecule is CCN1CCN(c2c(CC(=O)OC)c(C)nc3ccc(F)cc23)CC1. The van der Waals surface area contributed by atoms with Crippen molar-refractivity contribution in [1.29, 1.82) is 0 Å². The number of likely N-dealkylation sites (N-methyl/N-ethyl adjacent to an activating group) is 1. The monoisotopic (exact) mass is 345 g/mol. The number of fused-ring (bicyclic) bond motifs is 1. The summed E-state index contributed by atoms with van der Waals surface area (Å²) in [6.07, 6.45) is 0.144. The minimum atomic E-state index is -0.311. The van der Waals surface area contributed by atoms with Crippen molar-refractivity contribution in [3.8, 4) is 0 Å². The molecule has 1 aromatic heterocycles. The first-order chi connectivity index (χ1) is 12.0. The highest BCUT2D eigenvalue weighted by molar-refractivity contribution is 5.95. The molecule has 0 amide bonds. The Morgan fingerprint density at radius 2 is 2.00 bits per heavy atom. The number of hydrogen-bond acceptors (Lipinski definition) is 5. The van der Waals surface area contributed by atoms with Crippen LogP contribution in [-0.2, 0) is 16.0 Å². The van der Waals surface area contributed by atoms with Crippen molar-refractivity contribution in [2.75, 3.05) is 44.7 Å². The smallest absolute Gasteiger partial charge is 0.310 e. The predicted octanol–water partition coefficient (Wildman–Crippen LogP) is 2.54. The molecular weight excluding hydrogens is 321 g/mol. The number of rotatable bonds is 4. The second kappa shape index (κ2) is 7.35. The zero-order chi connectivity index (χ0) is 18.0. The number of benzene rings is 1. The molecule has 0 atom stereocenters. The summed E-state index contributed by atoms with van der Waals surface area (Å²) >= 11 is 0. The fraction of sp³-hybridized carbons (Fsp3) is 0.474. The summed E-state index contributed by atoms with van der Waals surface area (Å²) < 4.78 is 18.8. The van der Waals surface area contributed by atoms with Gasteiger partial charge in [0, 0.05) is 42.8 Å². The summed E-state index contributed by atoms with van der Waals surface area (Å²) in [4.78, 5) is 21.1. The van der Waals surface area contributed by atoms with Gasteiger partial charge in [-0.1, -0.05) is 6.92 Å². The summed E-state index contributed by atoms with van der Waals surface area (Å²) in [7, 11) is 1.38. The normalized spacial score (nSPS) is 15.6. The third kappa shape index (κ3) is 3.58. The van der Waals surface area contributed by atoms with Gasteiger partial charge in [-0.25, -0.2) is 4.39 Å². The molecule has 1 aliphatic heterocycles. The van der Waals surface area contributed by atoms with Gasteiger partial charge in [0.1, 0.15) is 5.82 Å². The Hall–Kier alpha value is -2.21. The molecule has 6 heteroatoms. The van der Waals surface area contributed by atoms with Crippen LogP contribution in [0.4, 0.5) is 10.1 Å². The van der Waals surface area contributed by atoms with Crippen molar-refractivity contribution in [3.63, 3.8) is 0 Å². The molecular formula is C19H24FN3O2. The Morgan fingerprint density at radius 3 is 2.64 bits per heavy atom. The van der Waals surface area contributed by atoms with Gasteiger partial charge >= 0.3 is 5.97 Å². The van der Waals surface area contributed by atoms with Crippen LogP contribution in [0.15, 0.2) is 18.2 Å². The predicted molar refractivity (Wildman–Crippen MR) is 96.5 cm³/mol.